The van der Waals surface area contributed by atoms with E-state index in [9.17, 15) is 13.2 Å². The van der Waals surface area contributed by atoms with E-state index >= 15 is 0 Å². The number of nitrogens with one attached hydrogen (secondary N) is 2. The lowest BCUT2D eigenvalue weighted by Gasteiger charge is -2.32. The lowest BCUT2D eigenvalue weighted by atomic mass is 9.95. The second-order valence-corrected chi connectivity index (χ2v) is 10.5. The van der Waals surface area contributed by atoms with Crippen molar-refractivity contribution < 1.29 is 13.2 Å². The number of unbranched alkanes of at least 4 members (excludes halogenated alkanes) is 1. The van der Waals surface area contributed by atoms with Gasteiger partial charge in [-0.15, -0.1) is 0 Å². The Morgan fingerprint density at radius 2 is 1.39 bits per heavy atom. The normalized spacial score (nSPS) is 15.9. The predicted molar refractivity (Wildman–Crippen MR) is 126 cm³/mol. The number of hydrogen-bond acceptors (Lipinski definition) is 5. The number of carbonyl (C=O) groups excluding carboxylic acids is 1. The first-order valence-electron chi connectivity index (χ1n) is 11.3. The Hall–Kier alpha value is -1.48. The molecule has 1 fully saturated rings. The summed E-state index contributed by atoms with van der Waals surface area (Å²) >= 11 is 0. The van der Waals surface area contributed by atoms with E-state index in [2.05, 4.69) is 26.9 Å². The average Bonchev–Trinajstić information content (AvgIpc) is 2.71. The molecule has 2 rings (SSSR count). The van der Waals surface area contributed by atoms with E-state index in [-0.39, 0.29) is 18.9 Å². The van der Waals surface area contributed by atoms with Crippen molar-refractivity contribution in [1.29, 1.82) is 0 Å². The number of amides is 1. The highest BCUT2D eigenvalue weighted by Gasteiger charge is 2.23. The van der Waals surface area contributed by atoms with Crippen molar-refractivity contribution >= 4 is 15.9 Å². The highest BCUT2D eigenvalue weighted by molar-refractivity contribution is 7.89. The molecule has 1 amide bonds. The van der Waals surface area contributed by atoms with Gasteiger partial charge in [0, 0.05) is 45.7 Å². The van der Waals surface area contributed by atoms with E-state index < -0.39 is 10.0 Å². The van der Waals surface area contributed by atoms with Gasteiger partial charge in [0.25, 0.3) is 0 Å². The molecular weight excluding hydrogens is 412 g/mol. The van der Waals surface area contributed by atoms with E-state index in [0.717, 1.165) is 73.4 Å². The van der Waals surface area contributed by atoms with Gasteiger partial charge >= 0.3 is 0 Å². The van der Waals surface area contributed by atoms with Crippen LogP contribution in [0.15, 0.2) is 4.90 Å². The van der Waals surface area contributed by atoms with Gasteiger partial charge in [-0.1, -0.05) is 0 Å². The largest absolute Gasteiger partial charge is 0.356 e. The summed E-state index contributed by atoms with van der Waals surface area (Å²) in [7, 11) is -1.51. The number of nitrogens with zero attached hydrogens (tertiary/aromatic N) is 2. The molecule has 176 valence electrons. The van der Waals surface area contributed by atoms with Gasteiger partial charge in [-0.25, -0.2) is 13.1 Å². The Morgan fingerprint density at radius 3 is 1.97 bits per heavy atom. The average molecular weight is 453 g/mol. The molecule has 0 unspecified atom stereocenters. The lowest BCUT2D eigenvalue weighted by Crippen LogP contribution is -2.44. The number of hydrogen-bond donors (Lipinski definition) is 2. The van der Waals surface area contributed by atoms with Crippen molar-refractivity contribution in [2.45, 2.75) is 58.8 Å². The summed E-state index contributed by atoms with van der Waals surface area (Å²) in [4.78, 5) is 17.2. The topological polar surface area (TPSA) is 81.7 Å². The second-order valence-electron chi connectivity index (χ2n) is 8.80. The molecule has 2 N–H and O–H groups in total. The summed E-state index contributed by atoms with van der Waals surface area (Å²) in [6.07, 6.45) is 2.13. The Bertz CT molecular complexity index is 846. The standard InChI is InChI=1S/C23H40N4O3S/c1-17-18(2)20(4)23(21(5)19(17)3)31(29,30)25-11-9-22(28)24-10-7-8-12-27-15-13-26(6)14-16-27/h25H,7-16H2,1-6H3,(H,24,28). The molecular formula is C23H40N4O3S. The zero-order valence-corrected chi connectivity index (χ0v) is 20.9. The summed E-state index contributed by atoms with van der Waals surface area (Å²) in [6, 6.07) is 0. The molecule has 1 aliphatic heterocycles. The zero-order valence-electron chi connectivity index (χ0n) is 20.1. The number of rotatable bonds is 10. The number of piperazine rings is 1. The Morgan fingerprint density at radius 1 is 0.839 bits per heavy atom. The maximum atomic E-state index is 12.9. The van der Waals surface area contributed by atoms with Gasteiger partial charge in [0.15, 0.2) is 0 Å². The van der Waals surface area contributed by atoms with Crippen LogP contribution in [0.2, 0.25) is 0 Å². The van der Waals surface area contributed by atoms with Crippen molar-refractivity contribution in [3.05, 3.63) is 27.8 Å². The number of sulfonamides is 1. The smallest absolute Gasteiger partial charge is 0.241 e. The first kappa shape index (κ1) is 25.8. The van der Waals surface area contributed by atoms with Gasteiger partial charge in [-0.3, -0.25) is 4.79 Å². The van der Waals surface area contributed by atoms with Gasteiger partial charge in [0.05, 0.1) is 4.90 Å². The van der Waals surface area contributed by atoms with Crippen LogP contribution < -0.4 is 10.0 Å². The molecule has 0 aliphatic carbocycles. The third-order valence-corrected chi connectivity index (χ3v) is 8.40. The van der Waals surface area contributed by atoms with E-state index in [4.69, 9.17) is 0 Å². The maximum Gasteiger partial charge on any atom is 0.241 e. The molecule has 1 heterocycles. The third-order valence-electron chi connectivity index (χ3n) is 6.66. The molecule has 8 heteroatoms. The molecule has 1 aliphatic rings. The van der Waals surface area contributed by atoms with Crippen LogP contribution >= 0.6 is 0 Å². The molecule has 0 aromatic heterocycles. The van der Waals surface area contributed by atoms with Crippen LogP contribution in [0, 0.1) is 34.6 Å². The second kappa shape index (κ2) is 11.4. The van der Waals surface area contributed by atoms with Gasteiger partial charge in [-0.05, 0) is 88.9 Å². The van der Waals surface area contributed by atoms with Crippen molar-refractivity contribution in [1.82, 2.24) is 19.8 Å². The van der Waals surface area contributed by atoms with Crippen molar-refractivity contribution in [2.24, 2.45) is 0 Å². The van der Waals surface area contributed by atoms with Crippen LogP contribution in [0.25, 0.3) is 0 Å². The third kappa shape index (κ3) is 7.00. The first-order chi connectivity index (χ1) is 14.5. The summed E-state index contributed by atoms with van der Waals surface area (Å²) in [5, 5.41) is 2.90. The van der Waals surface area contributed by atoms with Gasteiger partial charge < -0.3 is 15.1 Å². The van der Waals surface area contributed by atoms with Crippen LogP contribution in [0.5, 0.6) is 0 Å². The molecule has 1 aromatic carbocycles. The Balaban J connectivity index is 1.73. The summed E-state index contributed by atoms with van der Waals surface area (Å²) in [5.41, 5.74) is 4.67. The van der Waals surface area contributed by atoms with Crippen LogP contribution in [0.1, 0.15) is 47.1 Å². The van der Waals surface area contributed by atoms with Gasteiger partial charge in [-0.2, -0.15) is 0 Å². The quantitative estimate of drug-likeness (QED) is 0.531. The highest BCUT2D eigenvalue weighted by atomic mass is 32.2. The minimum absolute atomic E-state index is 0.0975. The molecule has 0 radical (unpaired) electrons. The monoisotopic (exact) mass is 452 g/mol. The first-order valence-corrected chi connectivity index (χ1v) is 12.8. The summed E-state index contributed by atoms with van der Waals surface area (Å²) < 4.78 is 28.4. The zero-order chi connectivity index (χ0) is 23.2. The Labute approximate surface area is 188 Å². The number of likely N-dealkylation sites (N-methyl/N-ethyl adjacent to an activating group) is 1. The maximum absolute atomic E-state index is 12.9. The fourth-order valence-corrected chi connectivity index (χ4v) is 5.72. The van der Waals surface area contributed by atoms with Crippen LogP contribution in [0.4, 0.5) is 0 Å². The van der Waals surface area contributed by atoms with Crippen LogP contribution in [-0.2, 0) is 14.8 Å². The molecule has 0 bridgehead atoms. The minimum Gasteiger partial charge on any atom is -0.356 e. The number of carbonyl (C=O) groups is 1. The van der Waals surface area contributed by atoms with Crippen molar-refractivity contribution in [3.8, 4) is 0 Å². The lowest BCUT2D eigenvalue weighted by molar-refractivity contribution is -0.120. The highest BCUT2D eigenvalue weighted by Crippen LogP contribution is 2.29. The fraction of sp³-hybridized carbons (Fsp3) is 0.696. The van der Waals surface area contributed by atoms with Gasteiger partial charge in [0.1, 0.15) is 0 Å². The Kier molecular flexibility index (Phi) is 9.48. The van der Waals surface area contributed by atoms with Crippen LogP contribution in [0.3, 0.4) is 0 Å². The molecule has 1 saturated heterocycles. The molecule has 31 heavy (non-hydrogen) atoms. The van der Waals surface area contributed by atoms with Crippen molar-refractivity contribution in [3.63, 3.8) is 0 Å². The van der Waals surface area contributed by atoms with Crippen LogP contribution in [-0.4, -0.2) is 77.0 Å². The predicted octanol–water partition coefficient (Wildman–Crippen LogP) is 2.04. The molecule has 7 nitrogen and oxygen atoms in total. The summed E-state index contributed by atoms with van der Waals surface area (Å²) in [6.45, 7) is 15.9. The number of benzene rings is 1. The molecule has 0 atom stereocenters. The van der Waals surface area contributed by atoms with E-state index in [1.54, 1.807) is 0 Å². The SMILES string of the molecule is Cc1c(C)c(C)c(S(=O)(=O)NCCC(=O)NCCCCN2CCN(C)CC2)c(C)c1C. The molecule has 0 spiro atoms. The van der Waals surface area contributed by atoms with E-state index in [1.165, 1.54) is 0 Å². The molecule has 0 saturated carbocycles. The van der Waals surface area contributed by atoms with Crippen molar-refractivity contribution in [2.75, 3.05) is 52.9 Å². The minimum atomic E-state index is -3.66. The summed E-state index contributed by atoms with van der Waals surface area (Å²) in [5.74, 6) is -0.119. The molecule has 1 aromatic rings. The fourth-order valence-electron chi connectivity index (χ4n) is 4.09. The van der Waals surface area contributed by atoms with E-state index in [1.807, 2.05) is 34.6 Å². The van der Waals surface area contributed by atoms with E-state index in [0.29, 0.717) is 11.4 Å². The van der Waals surface area contributed by atoms with Gasteiger partial charge in [0.2, 0.25) is 15.9 Å².